The van der Waals surface area contributed by atoms with E-state index in [4.69, 9.17) is 0 Å². The van der Waals surface area contributed by atoms with Gasteiger partial charge in [0.1, 0.15) is 0 Å². The molecule has 0 unspecified atom stereocenters. The first kappa shape index (κ1) is 23.8. The molecule has 1 aromatic heterocycles. The number of ketones is 1. The van der Waals surface area contributed by atoms with Crippen molar-refractivity contribution in [1.29, 1.82) is 0 Å². The Labute approximate surface area is 197 Å². The number of benzene rings is 1. The third kappa shape index (κ3) is 5.44. The molecule has 2 fully saturated rings. The number of hydrogen-bond acceptors (Lipinski definition) is 8. The SMILES string of the molecule is CC(=O)c1ccc(S(=O)(=O)N2CCN(C(=O)CSc3nnnn3C3CCCCC3)CC2)cc1. The quantitative estimate of drug-likeness (QED) is 0.425. The van der Waals surface area contributed by atoms with Crippen molar-refractivity contribution >= 4 is 33.5 Å². The van der Waals surface area contributed by atoms with E-state index in [9.17, 15) is 18.0 Å². The first-order chi connectivity index (χ1) is 15.9. The average Bonchev–Trinajstić information content (AvgIpc) is 3.32. The van der Waals surface area contributed by atoms with E-state index >= 15 is 0 Å². The van der Waals surface area contributed by atoms with Crippen molar-refractivity contribution in [2.75, 3.05) is 31.9 Å². The Morgan fingerprint density at radius 1 is 1.03 bits per heavy atom. The summed E-state index contributed by atoms with van der Waals surface area (Å²) in [5, 5.41) is 12.7. The monoisotopic (exact) mass is 492 g/mol. The third-order valence-electron chi connectivity index (χ3n) is 6.20. The summed E-state index contributed by atoms with van der Waals surface area (Å²) >= 11 is 1.33. The summed E-state index contributed by atoms with van der Waals surface area (Å²) < 4.78 is 29.1. The highest BCUT2D eigenvalue weighted by Gasteiger charge is 2.30. The molecule has 2 aliphatic rings. The lowest BCUT2D eigenvalue weighted by atomic mass is 9.96. The highest BCUT2D eigenvalue weighted by atomic mass is 32.2. The molecule has 1 aromatic carbocycles. The normalized spacial score (nSPS) is 18.4. The van der Waals surface area contributed by atoms with Gasteiger partial charge in [0, 0.05) is 31.7 Å². The van der Waals surface area contributed by atoms with Crippen LogP contribution in [0, 0.1) is 0 Å². The van der Waals surface area contributed by atoms with Crippen LogP contribution in [0.4, 0.5) is 0 Å². The molecule has 1 aliphatic carbocycles. The minimum Gasteiger partial charge on any atom is -0.339 e. The van der Waals surface area contributed by atoms with Crippen LogP contribution in [-0.2, 0) is 14.8 Å². The molecule has 0 spiro atoms. The molecule has 33 heavy (non-hydrogen) atoms. The van der Waals surface area contributed by atoms with Crippen LogP contribution in [0.5, 0.6) is 0 Å². The lowest BCUT2D eigenvalue weighted by molar-refractivity contribution is -0.129. The number of thioether (sulfide) groups is 1. The van der Waals surface area contributed by atoms with Crippen LogP contribution in [0.25, 0.3) is 0 Å². The van der Waals surface area contributed by atoms with Crippen LogP contribution in [0.1, 0.15) is 55.4 Å². The first-order valence-corrected chi connectivity index (χ1v) is 13.6. The van der Waals surface area contributed by atoms with Gasteiger partial charge in [0.2, 0.25) is 21.1 Å². The molecule has 12 heteroatoms. The van der Waals surface area contributed by atoms with Gasteiger partial charge in [0.15, 0.2) is 5.78 Å². The number of sulfonamides is 1. The van der Waals surface area contributed by atoms with Crippen LogP contribution in [0.3, 0.4) is 0 Å². The summed E-state index contributed by atoms with van der Waals surface area (Å²) in [5.74, 6) is 0.0459. The van der Waals surface area contributed by atoms with Gasteiger partial charge in [-0.2, -0.15) is 4.31 Å². The number of carbonyl (C=O) groups excluding carboxylic acids is 2. The lowest BCUT2D eigenvalue weighted by Gasteiger charge is -2.34. The van der Waals surface area contributed by atoms with Gasteiger partial charge >= 0.3 is 0 Å². The molecule has 4 rings (SSSR count). The predicted octanol–water partition coefficient (Wildman–Crippen LogP) is 2.01. The van der Waals surface area contributed by atoms with E-state index in [1.54, 1.807) is 4.90 Å². The summed E-state index contributed by atoms with van der Waals surface area (Å²) in [7, 11) is -3.67. The minimum atomic E-state index is -3.67. The van der Waals surface area contributed by atoms with Crippen LogP contribution in [0.2, 0.25) is 0 Å². The number of nitrogens with zero attached hydrogens (tertiary/aromatic N) is 6. The average molecular weight is 493 g/mol. The summed E-state index contributed by atoms with van der Waals surface area (Å²) in [6.07, 6.45) is 5.69. The summed E-state index contributed by atoms with van der Waals surface area (Å²) in [5.41, 5.74) is 0.469. The van der Waals surface area contributed by atoms with Gasteiger partial charge in [-0.25, -0.2) is 13.1 Å². The fourth-order valence-corrected chi connectivity index (χ4v) is 6.51. The Morgan fingerprint density at radius 2 is 1.70 bits per heavy atom. The van der Waals surface area contributed by atoms with Crippen molar-refractivity contribution < 1.29 is 18.0 Å². The van der Waals surface area contributed by atoms with Gasteiger partial charge in [-0.1, -0.05) is 43.2 Å². The highest BCUT2D eigenvalue weighted by Crippen LogP contribution is 2.30. The number of rotatable bonds is 7. The zero-order valence-corrected chi connectivity index (χ0v) is 20.2. The Balaban J connectivity index is 1.30. The van der Waals surface area contributed by atoms with Crippen molar-refractivity contribution in [3.63, 3.8) is 0 Å². The van der Waals surface area contributed by atoms with Crippen LogP contribution in [0.15, 0.2) is 34.3 Å². The molecule has 1 aliphatic heterocycles. The fraction of sp³-hybridized carbons (Fsp3) is 0.571. The zero-order valence-electron chi connectivity index (χ0n) is 18.6. The number of piperazine rings is 1. The van der Waals surface area contributed by atoms with Gasteiger partial charge < -0.3 is 4.90 Å². The van der Waals surface area contributed by atoms with Crippen LogP contribution >= 0.6 is 11.8 Å². The second-order valence-corrected chi connectivity index (χ2v) is 11.2. The summed E-state index contributed by atoms with van der Waals surface area (Å²) in [6, 6.07) is 6.25. The maximum absolute atomic E-state index is 12.9. The Kier molecular flexibility index (Phi) is 7.45. The van der Waals surface area contributed by atoms with Gasteiger partial charge in [0.25, 0.3) is 0 Å². The number of amides is 1. The smallest absolute Gasteiger partial charge is 0.243 e. The van der Waals surface area contributed by atoms with Crippen LogP contribution < -0.4 is 0 Å². The largest absolute Gasteiger partial charge is 0.339 e. The number of hydrogen-bond donors (Lipinski definition) is 0. The lowest BCUT2D eigenvalue weighted by Crippen LogP contribution is -2.51. The summed E-state index contributed by atoms with van der Waals surface area (Å²) in [6.45, 7) is 2.56. The number of aromatic nitrogens is 4. The van der Waals surface area contributed by atoms with Crippen molar-refractivity contribution in [2.24, 2.45) is 0 Å². The summed E-state index contributed by atoms with van der Waals surface area (Å²) in [4.78, 5) is 26.0. The molecule has 0 atom stereocenters. The first-order valence-electron chi connectivity index (χ1n) is 11.2. The number of tetrazole rings is 1. The van der Waals surface area contributed by atoms with Crippen molar-refractivity contribution in [3.05, 3.63) is 29.8 Å². The Bertz CT molecular complexity index is 1090. The molecule has 0 N–H and O–H groups in total. The van der Waals surface area contributed by atoms with E-state index in [1.807, 2.05) is 4.68 Å². The van der Waals surface area contributed by atoms with E-state index in [0.717, 1.165) is 12.8 Å². The highest BCUT2D eigenvalue weighted by molar-refractivity contribution is 7.99. The van der Waals surface area contributed by atoms with E-state index in [2.05, 4.69) is 15.5 Å². The van der Waals surface area contributed by atoms with E-state index in [1.165, 1.54) is 66.5 Å². The minimum absolute atomic E-state index is 0.0546. The van der Waals surface area contributed by atoms with E-state index < -0.39 is 10.0 Å². The van der Waals surface area contributed by atoms with Gasteiger partial charge in [-0.05, 0) is 42.3 Å². The van der Waals surface area contributed by atoms with Crippen molar-refractivity contribution in [2.45, 2.75) is 55.1 Å². The van der Waals surface area contributed by atoms with Crippen LogP contribution in [-0.4, -0.2) is 81.5 Å². The molecule has 1 saturated carbocycles. The zero-order chi connectivity index (χ0) is 23.4. The third-order valence-corrected chi connectivity index (χ3v) is 9.03. The molecular weight excluding hydrogens is 464 g/mol. The molecule has 10 nitrogen and oxygen atoms in total. The molecule has 1 saturated heterocycles. The number of carbonyl (C=O) groups is 2. The molecule has 1 amide bonds. The molecule has 0 bridgehead atoms. The Morgan fingerprint density at radius 3 is 2.33 bits per heavy atom. The predicted molar refractivity (Wildman–Crippen MR) is 122 cm³/mol. The topological polar surface area (TPSA) is 118 Å². The van der Waals surface area contributed by atoms with E-state index in [-0.39, 0.29) is 35.4 Å². The second kappa shape index (κ2) is 10.3. The molecule has 178 valence electrons. The fourth-order valence-electron chi connectivity index (χ4n) is 4.24. The Hall–Kier alpha value is -2.31. The maximum atomic E-state index is 12.9. The second-order valence-electron chi connectivity index (χ2n) is 8.35. The molecule has 2 aromatic rings. The number of Topliss-reactive ketones (excluding diaryl/α,β-unsaturated/α-hetero) is 1. The molecular formula is C21H28N6O4S2. The van der Waals surface area contributed by atoms with Gasteiger partial charge in [-0.15, -0.1) is 5.10 Å². The van der Waals surface area contributed by atoms with Gasteiger partial charge in [-0.3, -0.25) is 9.59 Å². The van der Waals surface area contributed by atoms with Crippen molar-refractivity contribution in [3.8, 4) is 0 Å². The standard InChI is InChI=1S/C21H28N6O4S2/c1-16(28)17-7-9-19(10-8-17)33(30,31)26-13-11-25(12-14-26)20(29)15-32-21-22-23-24-27(21)18-5-3-2-4-6-18/h7-10,18H,2-6,11-15H2,1H3. The van der Waals surface area contributed by atoms with Gasteiger partial charge in [0.05, 0.1) is 16.7 Å². The maximum Gasteiger partial charge on any atom is 0.243 e. The van der Waals surface area contributed by atoms with Crippen molar-refractivity contribution in [1.82, 2.24) is 29.4 Å². The molecule has 2 heterocycles. The van der Waals surface area contributed by atoms with E-state index in [0.29, 0.717) is 29.9 Å². The molecule has 0 radical (unpaired) electrons.